The first-order chi connectivity index (χ1) is 37.6. The maximum Gasteiger partial charge on any atom is 0.306 e. The van der Waals surface area contributed by atoms with Crippen LogP contribution in [0, 0.1) is 0 Å². The molecule has 11 unspecified atom stereocenters. The molecule has 0 amide bonds. The number of aliphatic hydroxyl groups is 7. The molecule has 0 aromatic rings. The molecule has 7 N–H and O–H groups in total. The van der Waals surface area contributed by atoms with E-state index in [1.807, 2.05) is 0 Å². The number of allylic oxidation sites excluding steroid dienone is 18. The van der Waals surface area contributed by atoms with E-state index in [1.54, 1.807) is 0 Å². The van der Waals surface area contributed by atoms with Crippen molar-refractivity contribution in [2.75, 3.05) is 33.0 Å². The van der Waals surface area contributed by atoms with Crippen LogP contribution in [0.4, 0.5) is 0 Å². The first-order valence-corrected chi connectivity index (χ1v) is 29.5. The van der Waals surface area contributed by atoms with E-state index in [0.717, 1.165) is 96.3 Å². The Morgan fingerprint density at radius 1 is 0.442 bits per heavy atom. The lowest BCUT2D eigenvalue weighted by atomic mass is 9.98. The predicted molar refractivity (Wildman–Crippen MR) is 307 cm³/mol. The predicted octanol–water partition coefficient (Wildman–Crippen LogP) is 10.7. The highest BCUT2D eigenvalue weighted by molar-refractivity contribution is 5.69. The Morgan fingerprint density at radius 3 is 1.32 bits per heavy atom. The average molecular weight is 1090 g/mol. The van der Waals surface area contributed by atoms with Gasteiger partial charge in [-0.1, -0.05) is 181 Å². The molecule has 2 rings (SSSR count). The van der Waals surface area contributed by atoms with Gasteiger partial charge in [0, 0.05) is 13.0 Å². The third kappa shape index (κ3) is 35.1. The molecule has 0 spiro atoms. The lowest BCUT2D eigenvalue weighted by Crippen LogP contribution is -2.61. The van der Waals surface area contributed by atoms with Gasteiger partial charge in [0.25, 0.3) is 0 Å². The number of ether oxygens (including phenoxy) is 6. The van der Waals surface area contributed by atoms with Crippen LogP contribution in [0.2, 0.25) is 0 Å². The SMILES string of the molecule is CC/C=C\C/C=C\C/C=C\C/C=C\C/C=C\C/C=C\C/C=C\CCCCOCC(COC1OC(COC2OC(CO)C(O)C(O)C2O)C(O)C(O)C1O)OC(=O)CCCCCCCCCCC/C=C\C/C=C\CCCCC. The molecule has 2 saturated heterocycles. The topological polar surface area (TPSA) is 214 Å². The molecular formula is C63H104O14. The van der Waals surface area contributed by atoms with Gasteiger partial charge in [-0.3, -0.25) is 4.79 Å². The van der Waals surface area contributed by atoms with Crippen LogP contribution in [-0.2, 0) is 33.2 Å². The van der Waals surface area contributed by atoms with Crippen molar-refractivity contribution < 1.29 is 69.0 Å². The van der Waals surface area contributed by atoms with E-state index in [-0.39, 0.29) is 19.6 Å². The number of aliphatic hydroxyl groups excluding tert-OH is 7. The van der Waals surface area contributed by atoms with Crippen molar-refractivity contribution in [2.45, 2.75) is 248 Å². The highest BCUT2D eigenvalue weighted by atomic mass is 16.7. The van der Waals surface area contributed by atoms with Crippen molar-refractivity contribution >= 4 is 5.97 Å². The quantitative estimate of drug-likeness (QED) is 0.0172. The average Bonchev–Trinajstić information content (AvgIpc) is 3.43. The molecule has 440 valence electrons. The maximum atomic E-state index is 13.1. The molecule has 2 aliphatic heterocycles. The summed E-state index contributed by atoms with van der Waals surface area (Å²) < 4.78 is 34.3. The molecule has 77 heavy (non-hydrogen) atoms. The lowest BCUT2D eigenvalue weighted by molar-refractivity contribution is -0.332. The zero-order valence-corrected chi connectivity index (χ0v) is 47.2. The van der Waals surface area contributed by atoms with E-state index in [2.05, 4.69) is 123 Å². The number of esters is 1. The van der Waals surface area contributed by atoms with Crippen molar-refractivity contribution in [1.29, 1.82) is 0 Å². The van der Waals surface area contributed by atoms with Gasteiger partial charge in [-0.2, -0.15) is 0 Å². The van der Waals surface area contributed by atoms with E-state index < -0.39 is 86.7 Å². The molecule has 0 saturated carbocycles. The third-order valence-electron chi connectivity index (χ3n) is 13.3. The van der Waals surface area contributed by atoms with E-state index in [1.165, 1.54) is 57.8 Å². The first-order valence-electron chi connectivity index (χ1n) is 29.5. The maximum absolute atomic E-state index is 13.1. The summed E-state index contributed by atoms with van der Waals surface area (Å²) in [4.78, 5) is 13.1. The fraction of sp³-hybridized carbons (Fsp3) is 0.698. The highest BCUT2D eigenvalue weighted by Crippen LogP contribution is 2.26. The zero-order valence-electron chi connectivity index (χ0n) is 47.2. The Morgan fingerprint density at radius 2 is 0.844 bits per heavy atom. The van der Waals surface area contributed by atoms with Gasteiger partial charge in [-0.15, -0.1) is 0 Å². The van der Waals surface area contributed by atoms with Gasteiger partial charge in [-0.05, 0) is 103 Å². The monoisotopic (exact) mass is 1080 g/mol. The van der Waals surface area contributed by atoms with Crippen molar-refractivity contribution in [1.82, 2.24) is 0 Å². The highest BCUT2D eigenvalue weighted by Gasteiger charge is 2.47. The second-order valence-corrected chi connectivity index (χ2v) is 20.1. The molecule has 2 aliphatic rings. The van der Waals surface area contributed by atoms with Crippen LogP contribution in [0.3, 0.4) is 0 Å². The minimum Gasteiger partial charge on any atom is -0.457 e. The van der Waals surface area contributed by atoms with Crippen LogP contribution in [0.5, 0.6) is 0 Å². The summed E-state index contributed by atoms with van der Waals surface area (Å²) in [5.41, 5.74) is 0. The number of rotatable bonds is 46. The van der Waals surface area contributed by atoms with Gasteiger partial charge in [-0.25, -0.2) is 0 Å². The van der Waals surface area contributed by atoms with Crippen molar-refractivity contribution in [3.63, 3.8) is 0 Å². The minimum atomic E-state index is -1.72. The molecule has 0 aromatic heterocycles. The van der Waals surface area contributed by atoms with Crippen molar-refractivity contribution in [2.24, 2.45) is 0 Å². The van der Waals surface area contributed by atoms with Gasteiger partial charge < -0.3 is 64.2 Å². The van der Waals surface area contributed by atoms with Crippen LogP contribution < -0.4 is 0 Å². The Balaban J connectivity index is 1.75. The van der Waals surface area contributed by atoms with Crippen LogP contribution >= 0.6 is 0 Å². The molecule has 2 heterocycles. The van der Waals surface area contributed by atoms with E-state index in [4.69, 9.17) is 28.4 Å². The van der Waals surface area contributed by atoms with Gasteiger partial charge in [0.1, 0.15) is 54.9 Å². The second kappa shape index (κ2) is 48.5. The Bertz CT molecular complexity index is 1690. The largest absolute Gasteiger partial charge is 0.457 e. The summed E-state index contributed by atoms with van der Waals surface area (Å²) in [7, 11) is 0. The Kier molecular flexibility index (Phi) is 44.0. The van der Waals surface area contributed by atoms with Gasteiger partial charge in [0.2, 0.25) is 0 Å². The van der Waals surface area contributed by atoms with Gasteiger partial charge >= 0.3 is 5.97 Å². The third-order valence-corrected chi connectivity index (χ3v) is 13.3. The number of hydrogen-bond donors (Lipinski definition) is 7. The fourth-order valence-corrected chi connectivity index (χ4v) is 8.53. The van der Waals surface area contributed by atoms with Gasteiger partial charge in [0.15, 0.2) is 12.6 Å². The van der Waals surface area contributed by atoms with Crippen molar-refractivity contribution in [3.05, 3.63) is 109 Å². The Hall–Kier alpha value is -3.35. The summed E-state index contributed by atoms with van der Waals surface area (Å²) in [5, 5.41) is 72.4. The minimum absolute atomic E-state index is 0.0225. The summed E-state index contributed by atoms with van der Waals surface area (Å²) in [6.07, 6.45) is 50.0. The molecule has 11 atom stereocenters. The normalized spacial score (nSPS) is 25.1. The molecule has 2 fully saturated rings. The summed E-state index contributed by atoms with van der Waals surface area (Å²) in [6.45, 7) is 3.42. The van der Waals surface area contributed by atoms with Crippen LogP contribution in [0.1, 0.15) is 181 Å². The van der Waals surface area contributed by atoms with E-state index >= 15 is 0 Å². The van der Waals surface area contributed by atoms with E-state index in [9.17, 15) is 40.5 Å². The molecule has 0 aromatic carbocycles. The number of hydrogen-bond acceptors (Lipinski definition) is 14. The summed E-state index contributed by atoms with van der Waals surface area (Å²) in [5.74, 6) is -0.400. The second-order valence-electron chi connectivity index (χ2n) is 20.1. The smallest absolute Gasteiger partial charge is 0.306 e. The van der Waals surface area contributed by atoms with Crippen molar-refractivity contribution in [3.8, 4) is 0 Å². The van der Waals surface area contributed by atoms with Crippen LogP contribution in [0.15, 0.2) is 109 Å². The van der Waals surface area contributed by atoms with E-state index in [0.29, 0.717) is 13.0 Å². The first kappa shape index (κ1) is 69.8. The molecule has 0 bridgehead atoms. The number of carbonyl (C=O) groups is 1. The molecule has 0 radical (unpaired) electrons. The Labute approximate surface area is 464 Å². The van der Waals surface area contributed by atoms with Crippen LogP contribution in [-0.4, -0.2) is 142 Å². The molecular weight excluding hydrogens is 981 g/mol. The van der Waals surface area contributed by atoms with Gasteiger partial charge in [0.05, 0.1) is 26.4 Å². The number of carbonyl (C=O) groups excluding carboxylic acids is 1. The fourth-order valence-electron chi connectivity index (χ4n) is 8.53. The molecule has 0 aliphatic carbocycles. The summed E-state index contributed by atoms with van der Waals surface area (Å²) >= 11 is 0. The zero-order chi connectivity index (χ0) is 55.8. The van der Waals surface area contributed by atoms with Crippen LogP contribution in [0.25, 0.3) is 0 Å². The molecule has 14 nitrogen and oxygen atoms in total. The summed E-state index contributed by atoms with van der Waals surface area (Å²) in [6, 6.07) is 0. The molecule has 14 heteroatoms. The number of unbranched alkanes of at least 4 members (excludes halogenated alkanes) is 14. The lowest BCUT2D eigenvalue weighted by Gasteiger charge is -2.42. The standard InChI is InChI=1S/C63H104O14/c1-3-5-7-9-11-13-15-17-19-21-23-24-25-26-27-29-31-33-35-37-39-41-43-45-47-72-49-52(75-55(65)46-44-42-40-38-36-34-32-30-28-22-20-18-16-14-12-10-8-6-4-2)50-73-62-61(71)59(69)57(67)54(77-62)51-74-63-60(70)58(68)56(66)53(48-64)76-63/h5,7,11-14,17-20,23-24,26-27,31,33,37,39,52-54,56-64,66-71H,3-4,6,8-10,15-16,21-22,25,28-30,32,34-36,38,40-51H2,1-2H3/b7-5-,13-11-,14-12-,19-17-,20-18-,24-23-,27-26-,33-31-,39-37-.